The number of carbonyl (C=O) groups excluding carboxylic acids is 1. The predicted molar refractivity (Wildman–Crippen MR) is 68.7 cm³/mol. The molecule has 2 N–H and O–H groups in total. The highest BCUT2D eigenvalue weighted by molar-refractivity contribution is 5.81. The molecule has 3 nitrogen and oxygen atoms in total. The molecule has 1 aliphatic carbocycles. The Morgan fingerprint density at radius 2 is 1.90 bits per heavy atom. The number of nitrogens with two attached hydrogens (primary N) is 1. The molecule has 6 heteroatoms. The van der Waals surface area contributed by atoms with Crippen LogP contribution in [0.1, 0.15) is 30.9 Å². The van der Waals surface area contributed by atoms with E-state index in [4.69, 9.17) is 5.73 Å². The van der Waals surface area contributed by atoms with Gasteiger partial charge in [0.2, 0.25) is 5.91 Å². The monoisotopic (exact) mass is 286 g/mol. The minimum atomic E-state index is -4.34. The first-order valence-corrected chi connectivity index (χ1v) is 6.51. The highest BCUT2D eigenvalue weighted by Gasteiger charge is 2.34. The van der Waals surface area contributed by atoms with Gasteiger partial charge in [-0.25, -0.2) is 0 Å². The molecule has 0 saturated heterocycles. The molecule has 1 fully saturated rings. The molecule has 20 heavy (non-hydrogen) atoms. The SMILES string of the molecule is C[C@@H](N)C(=O)N(Cc1ccc(C(F)(F)F)cc1)C1CC1. The van der Waals surface area contributed by atoms with Crippen LogP contribution in [0, 0.1) is 0 Å². The van der Waals surface area contributed by atoms with Crippen molar-refractivity contribution >= 4 is 5.91 Å². The molecule has 1 atom stereocenters. The van der Waals surface area contributed by atoms with Gasteiger partial charge in [-0.1, -0.05) is 12.1 Å². The fourth-order valence-electron chi connectivity index (χ4n) is 2.03. The van der Waals surface area contributed by atoms with E-state index in [2.05, 4.69) is 0 Å². The summed E-state index contributed by atoms with van der Waals surface area (Å²) >= 11 is 0. The maximum atomic E-state index is 12.5. The van der Waals surface area contributed by atoms with Crippen molar-refractivity contribution in [2.45, 2.75) is 44.6 Å². The van der Waals surface area contributed by atoms with E-state index >= 15 is 0 Å². The molecule has 1 aliphatic rings. The number of alkyl halides is 3. The van der Waals surface area contributed by atoms with Gasteiger partial charge in [-0.05, 0) is 37.5 Å². The predicted octanol–water partition coefficient (Wildman–Crippen LogP) is 2.54. The molecule has 1 saturated carbocycles. The number of nitrogens with zero attached hydrogens (tertiary/aromatic N) is 1. The summed E-state index contributed by atoms with van der Waals surface area (Å²) in [6.07, 6.45) is -2.48. The highest BCUT2D eigenvalue weighted by atomic mass is 19.4. The Balaban J connectivity index is 2.09. The van der Waals surface area contributed by atoms with Crippen LogP contribution in [0.2, 0.25) is 0 Å². The van der Waals surface area contributed by atoms with Crippen LogP contribution in [-0.4, -0.2) is 22.9 Å². The summed E-state index contributed by atoms with van der Waals surface area (Å²) in [7, 11) is 0. The summed E-state index contributed by atoms with van der Waals surface area (Å²) in [6.45, 7) is 1.92. The summed E-state index contributed by atoms with van der Waals surface area (Å²) in [5.41, 5.74) is 5.59. The van der Waals surface area contributed by atoms with E-state index in [1.165, 1.54) is 12.1 Å². The number of hydrogen-bond acceptors (Lipinski definition) is 2. The van der Waals surface area contributed by atoms with Crippen molar-refractivity contribution in [2.75, 3.05) is 0 Å². The summed E-state index contributed by atoms with van der Waals surface area (Å²) in [5.74, 6) is -0.160. The maximum Gasteiger partial charge on any atom is 0.416 e. The van der Waals surface area contributed by atoms with Crippen LogP contribution in [0.5, 0.6) is 0 Å². The van der Waals surface area contributed by atoms with Gasteiger partial charge < -0.3 is 10.6 Å². The van der Waals surface area contributed by atoms with Gasteiger partial charge in [-0.15, -0.1) is 0 Å². The number of rotatable bonds is 4. The molecule has 0 bridgehead atoms. The van der Waals surface area contributed by atoms with Crippen molar-refractivity contribution in [2.24, 2.45) is 5.73 Å². The van der Waals surface area contributed by atoms with Gasteiger partial charge in [0.05, 0.1) is 11.6 Å². The number of amides is 1. The molecule has 0 heterocycles. The van der Waals surface area contributed by atoms with Crippen LogP contribution >= 0.6 is 0 Å². The fraction of sp³-hybridized carbons (Fsp3) is 0.500. The van der Waals surface area contributed by atoms with Crippen LogP contribution in [-0.2, 0) is 17.5 Å². The van der Waals surface area contributed by atoms with E-state index in [0.29, 0.717) is 12.1 Å². The van der Waals surface area contributed by atoms with Crippen molar-refractivity contribution in [1.29, 1.82) is 0 Å². The summed E-state index contributed by atoms with van der Waals surface area (Å²) in [5, 5.41) is 0. The lowest BCUT2D eigenvalue weighted by Crippen LogP contribution is -2.42. The lowest BCUT2D eigenvalue weighted by Gasteiger charge is -2.24. The summed E-state index contributed by atoms with van der Waals surface area (Å²) in [4.78, 5) is 13.6. The van der Waals surface area contributed by atoms with Crippen LogP contribution in [0.15, 0.2) is 24.3 Å². The Bertz CT molecular complexity index is 478. The molecule has 2 rings (SSSR count). The molecule has 1 aromatic rings. The second-order valence-electron chi connectivity index (χ2n) is 5.18. The zero-order chi connectivity index (χ0) is 14.9. The lowest BCUT2D eigenvalue weighted by molar-refractivity contribution is -0.137. The Morgan fingerprint density at radius 3 is 2.30 bits per heavy atom. The Morgan fingerprint density at radius 1 is 1.35 bits per heavy atom. The van der Waals surface area contributed by atoms with Crippen molar-refractivity contribution in [3.8, 4) is 0 Å². The quantitative estimate of drug-likeness (QED) is 0.924. The zero-order valence-electron chi connectivity index (χ0n) is 11.2. The largest absolute Gasteiger partial charge is 0.416 e. The minimum absolute atomic E-state index is 0.160. The van der Waals surface area contributed by atoms with Gasteiger partial charge >= 0.3 is 6.18 Å². The Labute approximate surface area is 115 Å². The van der Waals surface area contributed by atoms with Crippen LogP contribution < -0.4 is 5.73 Å². The van der Waals surface area contributed by atoms with E-state index in [9.17, 15) is 18.0 Å². The average molecular weight is 286 g/mol. The number of carbonyl (C=O) groups is 1. The first-order chi connectivity index (χ1) is 9.29. The molecule has 0 aromatic heterocycles. The smallest absolute Gasteiger partial charge is 0.334 e. The number of halogens is 3. The number of benzene rings is 1. The summed E-state index contributed by atoms with van der Waals surface area (Å²) < 4.78 is 37.4. The molecular formula is C14H17F3N2O. The fourth-order valence-corrected chi connectivity index (χ4v) is 2.03. The molecule has 0 spiro atoms. The molecule has 0 radical (unpaired) electrons. The molecular weight excluding hydrogens is 269 g/mol. The lowest BCUT2D eigenvalue weighted by atomic mass is 10.1. The van der Waals surface area contributed by atoms with Crippen LogP contribution in [0.25, 0.3) is 0 Å². The van der Waals surface area contributed by atoms with E-state index in [-0.39, 0.29) is 11.9 Å². The van der Waals surface area contributed by atoms with Crippen LogP contribution in [0.3, 0.4) is 0 Å². The second kappa shape index (κ2) is 5.44. The molecule has 0 aliphatic heterocycles. The second-order valence-corrected chi connectivity index (χ2v) is 5.18. The van der Waals surface area contributed by atoms with Gasteiger partial charge in [0.1, 0.15) is 0 Å². The van der Waals surface area contributed by atoms with Crippen molar-refractivity contribution in [3.05, 3.63) is 35.4 Å². The first kappa shape index (κ1) is 14.8. The third-order valence-corrected chi connectivity index (χ3v) is 3.29. The third kappa shape index (κ3) is 3.50. The first-order valence-electron chi connectivity index (χ1n) is 6.51. The van der Waals surface area contributed by atoms with Gasteiger partial charge in [-0.3, -0.25) is 4.79 Å². The van der Waals surface area contributed by atoms with Gasteiger partial charge in [0.25, 0.3) is 0 Å². The van der Waals surface area contributed by atoms with Gasteiger partial charge in [0, 0.05) is 12.6 Å². The maximum absolute atomic E-state index is 12.5. The van der Waals surface area contributed by atoms with Crippen molar-refractivity contribution < 1.29 is 18.0 Å². The van der Waals surface area contributed by atoms with E-state index < -0.39 is 17.8 Å². The van der Waals surface area contributed by atoms with E-state index in [1.54, 1.807) is 11.8 Å². The standard InChI is InChI=1S/C14H17F3N2O/c1-9(18)13(20)19(12-6-7-12)8-10-2-4-11(5-3-10)14(15,16)17/h2-5,9,12H,6-8,18H2,1H3/t9-/m1/s1. The molecule has 1 amide bonds. The Kier molecular flexibility index (Phi) is 4.04. The normalized spacial score (nSPS) is 16.9. The minimum Gasteiger partial charge on any atom is -0.334 e. The molecule has 110 valence electrons. The van der Waals surface area contributed by atoms with E-state index in [0.717, 1.165) is 25.0 Å². The molecule has 0 unspecified atom stereocenters. The van der Waals surface area contributed by atoms with Crippen molar-refractivity contribution in [1.82, 2.24) is 4.90 Å². The van der Waals surface area contributed by atoms with Gasteiger partial charge in [0.15, 0.2) is 0 Å². The van der Waals surface area contributed by atoms with Crippen LogP contribution in [0.4, 0.5) is 13.2 Å². The average Bonchev–Trinajstić information content (AvgIpc) is 3.18. The highest BCUT2D eigenvalue weighted by Crippen LogP contribution is 2.31. The molecule has 1 aromatic carbocycles. The zero-order valence-corrected chi connectivity index (χ0v) is 11.2. The van der Waals surface area contributed by atoms with Gasteiger partial charge in [-0.2, -0.15) is 13.2 Å². The summed E-state index contributed by atoms with van der Waals surface area (Å²) in [6, 6.07) is 4.48. The van der Waals surface area contributed by atoms with E-state index in [1.807, 2.05) is 0 Å². The topological polar surface area (TPSA) is 46.3 Å². The Hall–Kier alpha value is -1.56. The third-order valence-electron chi connectivity index (χ3n) is 3.29. The number of hydrogen-bond donors (Lipinski definition) is 1. The van der Waals surface area contributed by atoms with Crippen molar-refractivity contribution in [3.63, 3.8) is 0 Å².